The molecule has 7 N–H and O–H groups in total. The highest BCUT2D eigenvalue weighted by atomic mass is 35.5. The Labute approximate surface area is 528 Å². The van der Waals surface area contributed by atoms with E-state index in [-0.39, 0.29) is 60.0 Å². The number of aromatic nitrogens is 3. The fourth-order valence-electron chi connectivity index (χ4n) is 7.80. The number of anilines is 3. The number of carbonyl (C=O) groups excluding carboxylic acids is 7. The number of halogens is 2. The first kappa shape index (κ1) is 71.9. The summed E-state index contributed by atoms with van der Waals surface area (Å²) < 4.78 is 52.8. The number of H-pyrrole nitrogens is 1. The quantitative estimate of drug-likeness (QED) is 0.0245. The van der Waals surface area contributed by atoms with Gasteiger partial charge in [-0.2, -0.15) is 0 Å². The number of rotatable bonds is 17. The van der Waals surface area contributed by atoms with Crippen LogP contribution in [0.1, 0.15) is 51.1 Å². The van der Waals surface area contributed by atoms with Crippen molar-refractivity contribution < 1.29 is 86.0 Å². The molecule has 0 saturated heterocycles. The van der Waals surface area contributed by atoms with E-state index in [1.807, 2.05) is 30.3 Å². The second-order valence-electron chi connectivity index (χ2n) is 18.3. The number of nitrogens with zero attached hydrogens (tertiary/aromatic N) is 2. The molecule has 0 aliphatic carbocycles. The van der Waals surface area contributed by atoms with Gasteiger partial charge < -0.3 is 74.2 Å². The Kier molecular flexibility index (Phi) is 28.7. The topological polar surface area (TPSA) is 322 Å². The van der Waals surface area contributed by atoms with Gasteiger partial charge >= 0.3 is 11.9 Å². The van der Waals surface area contributed by atoms with Gasteiger partial charge in [0.1, 0.15) is 51.7 Å². The Balaban J connectivity index is 0.000000234. The summed E-state index contributed by atoms with van der Waals surface area (Å²) in [4.78, 5) is 81.7. The molecule has 3 aromatic heterocycles. The summed E-state index contributed by atoms with van der Waals surface area (Å²) in [6.07, 6.45) is 4.66. The van der Waals surface area contributed by atoms with Crippen LogP contribution in [0.4, 0.5) is 17.1 Å². The zero-order valence-electron chi connectivity index (χ0n) is 51.2. The van der Waals surface area contributed by atoms with E-state index in [1.54, 1.807) is 126 Å². The molecule has 0 radical (unpaired) electrons. The van der Waals surface area contributed by atoms with Crippen LogP contribution >= 0.6 is 23.2 Å². The van der Waals surface area contributed by atoms with Crippen molar-refractivity contribution in [2.24, 2.45) is 0 Å². The first-order valence-electron chi connectivity index (χ1n) is 26.6. The predicted octanol–water partition coefficient (Wildman–Crippen LogP) is 10.7. The Morgan fingerprint density at radius 3 is 1.42 bits per heavy atom. The largest absolute Gasteiger partial charge is 0.506 e. The number of Topliss-reactive ketones (excluding diaryl/α,β-unsaturated/α-hetero) is 2. The van der Waals surface area contributed by atoms with Gasteiger partial charge in [0, 0.05) is 71.1 Å². The van der Waals surface area contributed by atoms with E-state index in [0.717, 1.165) is 28.1 Å². The van der Waals surface area contributed by atoms with Crippen LogP contribution in [-0.4, -0.2) is 142 Å². The third-order valence-corrected chi connectivity index (χ3v) is 12.9. The first-order valence-corrected chi connectivity index (χ1v) is 27.7. The average molecular weight is 1280 g/mol. The van der Waals surface area contributed by atoms with Gasteiger partial charge in [-0.1, -0.05) is 0 Å². The summed E-state index contributed by atoms with van der Waals surface area (Å²) in [7, 11) is 12.0. The molecule has 24 nitrogen and oxygen atoms in total. The Morgan fingerprint density at radius 2 is 0.922 bits per heavy atom. The summed E-state index contributed by atoms with van der Waals surface area (Å²) in [6.45, 7) is 3.95. The minimum Gasteiger partial charge on any atom is -0.506 e. The van der Waals surface area contributed by atoms with E-state index < -0.39 is 11.9 Å². The minimum atomic E-state index is -0.489. The van der Waals surface area contributed by atoms with Crippen molar-refractivity contribution in [3.05, 3.63) is 145 Å². The maximum Gasteiger partial charge on any atom is 0.343 e. The van der Waals surface area contributed by atoms with E-state index in [2.05, 4.69) is 19.8 Å². The van der Waals surface area contributed by atoms with Crippen LogP contribution in [0.3, 0.4) is 0 Å². The highest BCUT2D eigenvalue weighted by Crippen LogP contribution is 2.33. The van der Waals surface area contributed by atoms with Crippen LogP contribution in [-0.2, 0) is 23.9 Å². The van der Waals surface area contributed by atoms with E-state index in [9.17, 15) is 38.7 Å². The number of alkyl halides is 2. The highest BCUT2D eigenvalue weighted by Gasteiger charge is 2.17. The van der Waals surface area contributed by atoms with Crippen molar-refractivity contribution >= 4 is 114 Å². The number of nitrogens with two attached hydrogens (primary N) is 2. The molecular formula is C64H70Cl2N6O18. The van der Waals surface area contributed by atoms with Gasteiger partial charge in [-0.25, -0.2) is 9.59 Å². The lowest BCUT2D eigenvalue weighted by Crippen LogP contribution is -2.12. The van der Waals surface area contributed by atoms with Crippen molar-refractivity contribution in [1.29, 1.82) is 0 Å². The number of hydrogen-bond donors (Lipinski definition) is 5. The summed E-state index contributed by atoms with van der Waals surface area (Å²) in [6, 6.07) is 33.0. The molecule has 9 aromatic rings. The molecule has 0 saturated carbocycles. The molecule has 478 valence electrons. The number of esters is 2. The Bertz CT molecular complexity index is 3920. The maximum absolute atomic E-state index is 11.6. The predicted molar refractivity (Wildman–Crippen MR) is 343 cm³/mol. The van der Waals surface area contributed by atoms with Crippen LogP contribution in [0.15, 0.2) is 134 Å². The van der Waals surface area contributed by atoms with E-state index >= 15 is 0 Å². The average Bonchev–Trinajstić information content (AvgIpc) is 1.68. The maximum atomic E-state index is 11.6. The van der Waals surface area contributed by atoms with Gasteiger partial charge in [-0.3, -0.25) is 33.1 Å². The zero-order chi connectivity index (χ0) is 66.6. The summed E-state index contributed by atoms with van der Waals surface area (Å²) in [5, 5.41) is 14.4. The van der Waals surface area contributed by atoms with Crippen molar-refractivity contribution in [3.8, 4) is 51.7 Å². The molecule has 9 rings (SSSR count). The number of ether oxygens (including phenoxy) is 10. The van der Waals surface area contributed by atoms with Crippen molar-refractivity contribution in [3.63, 3.8) is 0 Å². The molecule has 1 amide bonds. The summed E-state index contributed by atoms with van der Waals surface area (Å²) in [5.41, 5.74) is 15.7. The Hall–Kier alpha value is -10.6. The minimum absolute atomic E-state index is 0.0721. The summed E-state index contributed by atoms with van der Waals surface area (Å²) >= 11 is 10.9. The number of benzene rings is 6. The fraction of sp³-hybridized carbons (Fsp3) is 0.234. The number of nitrogen functional groups attached to an aromatic ring is 2. The third kappa shape index (κ3) is 20.8. The standard InChI is InChI=1S/C14H15NO5.C12H13NO4.C11H12ClNO3.C11H11NO3.C9H10ClNO2.C7H9NO/c1-9(16)15-7-13(20-8-14(17)19-3)11-6-10(18-2)4-5-12(11)15;1-15-8-3-4-10-9(5-8)11(6-13-10)17-7-12(14)16-2;1-7(14)13-10-4-3-8(16-2)5-9(10)11(15)6-12;1-7(13)12-6-11(14)9-5-8(15-2)3-4-10(9)12;1-13-6-2-3-8(11)7(4-6)9(12)5-10;1-9-7-4-2-6(8)3-5-7/h4-7H,8H2,1-3H3;3-6,13H,7H2,1-2H3;3-5H,6H2,1-2H3,(H,13,14);3-6,14H,1-2H3;2-4H,5,11H2,1H3;2-5H,8H2,1H3. The van der Waals surface area contributed by atoms with E-state index in [0.29, 0.717) is 78.8 Å². The highest BCUT2D eigenvalue weighted by molar-refractivity contribution is 6.31. The summed E-state index contributed by atoms with van der Waals surface area (Å²) in [5.74, 6) is 3.03. The van der Waals surface area contributed by atoms with Gasteiger partial charge in [-0.05, 0) is 115 Å². The molecule has 26 heteroatoms. The molecule has 0 unspecified atom stereocenters. The van der Waals surface area contributed by atoms with Crippen molar-refractivity contribution in [2.75, 3.05) is 98.6 Å². The van der Waals surface area contributed by atoms with Crippen LogP contribution in [0.5, 0.6) is 51.7 Å². The fourth-order valence-corrected chi connectivity index (χ4v) is 8.09. The van der Waals surface area contributed by atoms with E-state index in [4.69, 9.17) is 72.6 Å². The number of amides is 1. The molecule has 0 fully saturated rings. The van der Waals surface area contributed by atoms with Crippen molar-refractivity contribution in [2.45, 2.75) is 20.8 Å². The van der Waals surface area contributed by atoms with Gasteiger partial charge in [0.25, 0.3) is 0 Å². The van der Waals surface area contributed by atoms with Gasteiger partial charge in [0.2, 0.25) is 17.7 Å². The molecule has 6 aromatic carbocycles. The molecule has 0 spiro atoms. The number of hydrogen-bond acceptors (Lipinski definition) is 20. The number of aromatic hydroxyl groups is 1. The molecule has 0 bridgehead atoms. The number of aromatic amines is 1. The number of nitrogens with one attached hydrogen (secondary N) is 2. The second kappa shape index (κ2) is 35.9. The number of fused-ring (bicyclic) bond motifs is 3. The molecular weight excluding hydrogens is 1210 g/mol. The van der Waals surface area contributed by atoms with E-state index in [1.165, 1.54) is 64.5 Å². The molecule has 90 heavy (non-hydrogen) atoms. The molecule has 0 aliphatic heterocycles. The smallest absolute Gasteiger partial charge is 0.343 e. The van der Waals surface area contributed by atoms with Crippen LogP contribution in [0.2, 0.25) is 0 Å². The lowest BCUT2D eigenvalue weighted by Gasteiger charge is -2.09. The monoisotopic (exact) mass is 1280 g/mol. The third-order valence-electron chi connectivity index (χ3n) is 12.4. The first-order chi connectivity index (χ1) is 43.0. The molecule has 0 atom stereocenters. The van der Waals surface area contributed by atoms with Gasteiger partial charge in [0.15, 0.2) is 24.8 Å². The lowest BCUT2D eigenvalue weighted by molar-refractivity contribution is -0.143. The van der Waals surface area contributed by atoms with Crippen LogP contribution in [0.25, 0.3) is 32.7 Å². The van der Waals surface area contributed by atoms with Crippen LogP contribution in [0, 0.1) is 0 Å². The number of methoxy groups -OCH3 is 8. The second-order valence-corrected chi connectivity index (χ2v) is 18.8. The zero-order valence-corrected chi connectivity index (χ0v) is 52.7. The Morgan fingerprint density at radius 1 is 0.500 bits per heavy atom. The van der Waals surface area contributed by atoms with Crippen LogP contribution < -0.4 is 54.7 Å². The molecule has 3 heterocycles. The lowest BCUT2D eigenvalue weighted by atomic mass is 10.1. The normalized spacial score (nSPS) is 10.0. The van der Waals surface area contributed by atoms with Crippen molar-refractivity contribution in [1.82, 2.24) is 14.1 Å². The number of carbonyl (C=O) groups is 7. The SMILES string of the molecule is COC(=O)COc1c[nH]c2ccc(OC)cc12.COC(=O)COc1cn(C(C)=O)c2ccc(OC)cc12.COc1ccc(N)c(C(=O)CCl)c1.COc1ccc(N)cc1.COc1ccc(NC(C)=O)c(C(=O)CCl)c1.COc1ccc2c(c1)c(O)cn2C(C)=O. The van der Waals surface area contributed by atoms with Gasteiger partial charge in [-0.15, -0.1) is 23.2 Å². The number of ketones is 2. The molecule has 0 aliphatic rings. The van der Waals surface area contributed by atoms with Gasteiger partial charge in [0.05, 0.1) is 97.8 Å².